The summed E-state index contributed by atoms with van der Waals surface area (Å²) in [7, 11) is 0. The van der Waals surface area contributed by atoms with Crippen LogP contribution in [0.15, 0.2) is 48.9 Å². The van der Waals surface area contributed by atoms with Crippen LogP contribution in [0.5, 0.6) is 0 Å². The number of nitrogens with one attached hydrogen (secondary N) is 1. The second kappa shape index (κ2) is 5.56. The highest BCUT2D eigenvalue weighted by atomic mass is 16.6. The molecule has 3 rings (SSSR count). The molecule has 2 aromatic heterocycles. The Morgan fingerprint density at radius 3 is 2.52 bits per heavy atom. The van der Waals surface area contributed by atoms with Gasteiger partial charge in [0.2, 0.25) is 0 Å². The van der Waals surface area contributed by atoms with E-state index in [9.17, 15) is 14.4 Å². The summed E-state index contributed by atoms with van der Waals surface area (Å²) in [5.74, 6) is -0.341. The number of hydrogen-bond acceptors (Lipinski definition) is 6. The van der Waals surface area contributed by atoms with Crippen molar-refractivity contribution in [2.45, 2.75) is 19.9 Å². The Labute approximate surface area is 129 Å². The molecule has 1 amide bonds. The van der Waals surface area contributed by atoms with Crippen molar-refractivity contribution in [2.75, 3.05) is 0 Å². The maximum Gasteiger partial charge on any atom is 0.442 e. The fourth-order valence-corrected chi connectivity index (χ4v) is 2.06. The van der Waals surface area contributed by atoms with E-state index in [0.717, 1.165) is 4.57 Å². The Bertz CT molecular complexity index is 982. The number of carbonyl (C=O) groups excluding carboxylic acids is 1. The van der Waals surface area contributed by atoms with Crippen molar-refractivity contribution >= 4 is 11.6 Å². The molecule has 3 aromatic rings. The van der Waals surface area contributed by atoms with E-state index in [2.05, 4.69) is 10.3 Å². The van der Waals surface area contributed by atoms with Crippen LogP contribution in [0.3, 0.4) is 0 Å². The van der Waals surface area contributed by atoms with Gasteiger partial charge in [-0.25, -0.2) is 14.6 Å². The molecule has 8 nitrogen and oxygen atoms in total. The van der Waals surface area contributed by atoms with Crippen LogP contribution in [0.25, 0.3) is 17.1 Å². The number of nitrogens with zero attached hydrogens (tertiary/aromatic N) is 2. The van der Waals surface area contributed by atoms with Gasteiger partial charge in [-0.1, -0.05) is 30.3 Å². The number of carbonyl (C=O) groups is 1. The molecular weight excluding hydrogens is 302 g/mol. The van der Waals surface area contributed by atoms with Crippen molar-refractivity contribution in [3.05, 3.63) is 56.9 Å². The molecular formula is C15H13N3O5. The number of hydrogen-bond donors (Lipinski definition) is 1. The van der Waals surface area contributed by atoms with Gasteiger partial charge in [0, 0.05) is 11.6 Å². The second-order valence-electron chi connectivity index (χ2n) is 5.15. The molecule has 0 saturated heterocycles. The Hall–Kier alpha value is -3.16. The van der Waals surface area contributed by atoms with Crippen molar-refractivity contribution in [1.82, 2.24) is 14.9 Å². The molecule has 1 N–H and O–H groups in total. The first-order chi connectivity index (χ1) is 11.0. The Balaban J connectivity index is 2.30. The fraction of sp³-hybridized carbons (Fsp3) is 0.200. The summed E-state index contributed by atoms with van der Waals surface area (Å²) in [6.45, 7) is 3.56. The van der Waals surface area contributed by atoms with Crippen LogP contribution in [0, 0.1) is 0 Å². The van der Waals surface area contributed by atoms with Gasteiger partial charge in [-0.05, 0) is 13.8 Å². The zero-order chi connectivity index (χ0) is 16.6. The standard InChI is InChI=1S/C15H13N3O5/c1-8(2)16-12(19)10-13-18(23-15(21)14(20)22-13)11(17-10)9-6-4-3-5-7-9/h3-8H,1-2H3,(H,16,19). The van der Waals surface area contributed by atoms with E-state index in [4.69, 9.17) is 8.94 Å². The largest absolute Gasteiger partial charge is 0.442 e. The molecule has 118 valence electrons. The van der Waals surface area contributed by atoms with Gasteiger partial charge in [-0.3, -0.25) is 4.79 Å². The molecule has 1 aromatic carbocycles. The molecule has 0 radical (unpaired) electrons. The highest BCUT2D eigenvalue weighted by Gasteiger charge is 2.24. The highest BCUT2D eigenvalue weighted by Crippen LogP contribution is 2.21. The number of amides is 1. The van der Waals surface area contributed by atoms with Gasteiger partial charge in [0.05, 0.1) is 0 Å². The van der Waals surface area contributed by atoms with Gasteiger partial charge in [-0.15, -0.1) is 4.57 Å². The molecule has 2 heterocycles. The summed E-state index contributed by atoms with van der Waals surface area (Å²) in [5.41, 5.74) is -2.12. The van der Waals surface area contributed by atoms with Crippen molar-refractivity contribution in [3.8, 4) is 11.4 Å². The van der Waals surface area contributed by atoms with Gasteiger partial charge in [0.15, 0.2) is 11.5 Å². The molecule has 0 fully saturated rings. The molecule has 8 heteroatoms. The molecule has 0 aliphatic rings. The van der Waals surface area contributed by atoms with Crippen molar-refractivity contribution in [3.63, 3.8) is 0 Å². The van der Waals surface area contributed by atoms with Crippen molar-refractivity contribution in [1.29, 1.82) is 0 Å². The maximum atomic E-state index is 12.2. The van der Waals surface area contributed by atoms with Crippen molar-refractivity contribution < 1.29 is 13.7 Å². The molecule has 23 heavy (non-hydrogen) atoms. The molecule has 0 saturated carbocycles. The SMILES string of the molecule is CC(C)NC(=O)c1nc(-c2ccccc2)n2oc(=O)c(=O)oc12. The monoisotopic (exact) mass is 315 g/mol. The summed E-state index contributed by atoms with van der Waals surface area (Å²) in [4.78, 5) is 39.3. The Morgan fingerprint density at radius 1 is 1.17 bits per heavy atom. The zero-order valence-corrected chi connectivity index (χ0v) is 12.4. The maximum absolute atomic E-state index is 12.2. The van der Waals surface area contributed by atoms with E-state index in [-0.39, 0.29) is 23.3 Å². The first-order valence-electron chi connectivity index (χ1n) is 6.91. The molecule has 0 unspecified atom stereocenters. The molecule has 0 bridgehead atoms. The summed E-state index contributed by atoms with van der Waals surface area (Å²) in [6, 6.07) is 8.65. The van der Waals surface area contributed by atoms with Crippen LogP contribution >= 0.6 is 0 Å². The van der Waals surface area contributed by atoms with Crippen LogP contribution < -0.4 is 16.6 Å². The minimum atomic E-state index is -1.20. The number of benzene rings is 1. The number of rotatable bonds is 3. The van der Waals surface area contributed by atoms with Gasteiger partial charge in [-0.2, -0.15) is 0 Å². The van der Waals surface area contributed by atoms with Gasteiger partial charge in [0.25, 0.3) is 11.6 Å². The quantitative estimate of drug-likeness (QED) is 0.724. The predicted octanol–water partition coefficient (Wildman–Crippen LogP) is 1.05. The fourth-order valence-electron chi connectivity index (χ4n) is 2.06. The van der Waals surface area contributed by atoms with E-state index in [1.165, 1.54) is 0 Å². The molecule has 0 aliphatic heterocycles. The lowest BCUT2D eigenvalue weighted by Crippen LogP contribution is -2.31. The summed E-state index contributed by atoms with van der Waals surface area (Å²) in [6.07, 6.45) is 0. The van der Waals surface area contributed by atoms with Crippen LogP contribution in [0.4, 0.5) is 0 Å². The van der Waals surface area contributed by atoms with Crippen LogP contribution in [-0.2, 0) is 0 Å². The third-order valence-electron chi connectivity index (χ3n) is 2.99. The van der Waals surface area contributed by atoms with Gasteiger partial charge in [0.1, 0.15) is 0 Å². The van der Waals surface area contributed by atoms with Crippen LogP contribution in [0.2, 0.25) is 0 Å². The lowest BCUT2D eigenvalue weighted by molar-refractivity contribution is 0.0938. The van der Waals surface area contributed by atoms with Crippen LogP contribution in [0.1, 0.15) is 24.3 Å². The topological polar surface area (TPSA) is 107 Å². The lowest BCUT2D eigenvalue weighted by atomic mass is 10.2. The van der Waals surface area contributed by atoms with Crippen LogP contribution in [-0.4, -0.2) is 21.5 Å². The second-order valence-corrected chi connectivity index (χ2v) is 5.15. The van der Waals surface area contributed by atoms with E-state index < -0.39 is 17.2 Å². The van der Waals surface area contributed by atoms with E-state index in [1.807, 2.05) is 6.07 Å². The minimum absolute atomic E-state index is 0.126. The number of fused-ring (bicyclic) bond motifs is 1. The normalized spacial score (nSPS) is 11.1. The number of aromatic nitrogens is 2. The lowest BCUT2D eigenvalue weighted by Gasteiger charge is -2.05. The third kappa shape index (κ3) is 2.66. The molecule has 0 aliphatic carbocycles. The highest BCUT2D eigenvalue weighted by molar-refractivity contribution is 5.98. The van der Waals surface area contributed by atoms with E-state index in [0.29, 0.717) is 5.56 Å². The van der Waals surface area contributed by atoms with Gasteiger partial charge >= 0.3 is 11.3 Å². The average molecular weight is 315 g/mol. The Morgan fingerprint density at radius 2 is 1.87 bits per heavy atom. The third-order valence-corrected chi connectivity index (χ3v) is 2.99. The first-order valence-corrected chi connectivity index (χ1v) is 6.91. The molecule has 0 spiro atoms. The predicted molar refractivity (Wildman–Crippen MR) is 80.3 cm³/mol. The van der Waals surface area contributed by atoms with Crippen molar-refractivity contribution in [2.24, 2.45) is 0 Å². The summed E-state index contributed by atoms with van der Waals surface area (Å²) >= 11 is 0. The molecule has 0 atom stereocenters. The smallest absolute Gasteiger partial charge is 0.395 e. The van der Waals surface area contributed by atoms with E-state index in [1.54, 1.807) is 38.1 Å². The van der Waals surface area contributed by atoms with Gasteiger partial charge < -0.3 is 14.3 Å². The number of imidazole rings is 1. The summed E-state index contributed by atoms with van der Waals surface area (Å²) in [5, 5.41) is 2.65. The summed E-state index contributed by atoms with van der Waals surface area (Å²) < 4.78 is 10.8. The average Bonchev–Trinajstić information content (AvgIpc) is 2.86. The van der Waals surface area contributed by atoms with E-state index >= 15 is 0 Å². The minimum Gasteiger partial charge on any atom is -0.395 e. The zero-order valence-electron chi connectivity index (χ0n) is 12.4. The Kier molecular flexibility index (Phi) is 3.57. The first kappa shape index (κ1) is 14.8.